The van der Waals surface area contributed by atoms with Gasteiger partial charge in [-0.05, 0) is 29.8 Å². The predicted molar refractivity (Wildman–Crippen MR) is 74.3 cm³/mol. The van der Waals surface area contributed by atoms with Crippen molar-refractivity contribution in [2.75, 3.05) is 4.90 Å². The maximum Gasteiger partial charge on any atom is 0.323 e. The highest BCUT2D eigenvalue weighted by molar-refractivity contribution is 5.98. The van der Waals surface area contributed by atoms with E-state index >= 15 is 0 Å². The Labute approximate surface area is 115 Å². The van der Waals surface area contributed by atoms with Crippen LogP contribution in [0.3, 0.4) is 0 Å². The van der Waals surface area contributed by atoms with Crippen molar-refractivity contribution in [3.63, 3.8) is 0 Å². The number of benzene rings is 2. The van der Waals surface area contributed by atoms with Crippen molar-refractivity contribution in [3.8, 4) is 0 Å². The maximum atomic E-state index is 13.8. The molecule has 2 N–H and O–H groups in total. The Morgan fingerprint density at radius 2 is 1.80 bits per heavy atom. The van der Waals surface area contributed by atoms with Gasteiger partial charge >= 0.3 is 6.03 Å². The van der Waals surface area contributed by atoms with Gasteiger partial charge in [-0.15, -0.1) is 0 Å². The van der Waals surface area contributed by atoms with Gasteiger partial charge in [-0.1, -0.05) is 24.3 Å². The zero-order valence-corrected chi connectivity index (χ0v) is 10.6. The number of amides is 2. The van der Waals surface area contributed by atoms with Crippen molar-refractivity contribution in [3.05, 3.63) is 59.9 Å². The third kappa shape index (κ3) is 2.83. The molecule has 0 aromatic heterocycles. The van der Waals surface area contributed by atoms with Gasteiger partial charge in [0.1, 0.15) is 12.1 Å². The predicted octanol–water partition coefficient (Wildman–Crippen LogP) is 2.78. The molecular formula is C15H13FN2O2. The van der Waals surface area contributed by atoms with E-state index in [4.69, 9.17) is 5.73 Å². The Bertz CT molecular complexity index is 626. The largest absolute Gasteiger partial charge is 0.351 e. The molecule has 0 bridgehead atoms. The number of anilines is 2. The van der Waals surface area contributed by atoms with Gasteiger partial charge in [-0.3, -0.25) is 4.90 Å². The smallest absolute Gasteiger partial charge is 0.323 e. The highest BCUT2D eigenvalue weighted by atomic mass is 19.1. The topological polar surface area (TPSA) is 63.4 Å². The molecule has 0 heterocycles. The standard InChI is InChI=1S/C15H13FN2O2/c16-13-3-1-2-4-14(13)18(15(17)20)12-7-5-11(6-8-12)9-10-19/h1-8,10H,9H2,(H2,17,20). The van der Waals surface area contributed by atoms with Crippen LogP contribution in [0, 0.1) is 5.82 Å². The first-order chi connectivity index (χ1) is 9.63. The number of halogens is 1. The highest BCUT2D eigenvalue weighted by Gasteiger charge is 2.18. The van der Waals surface area contributed by atoms with Gasteiger partial charge in [0.2, 0.25) is 0 Å². The van der Waals surface area contributed by atoms with Gasteiger partial charge in [-0.2, -0.15) is 0 Å². The minimum absolute atomic E-state index is 0.0862. The van der Waals surface area contributed by atoms with Crippen molar-refractivity contribution in [1.29, 1.82) is 0 Å². The van der Waals surface area contributed by atoms with E-state index in [0.29, 0.717) is 5.69 Å². The fourth-order valence-corrected chi connectivity index (χ4v) is 1.90. The number of para-hydroxylation sites is 1. The summed E-state index contributed by atoms with van der Waals surface area (Å²) in [4.78, 5) is 23.1. The monoisotopic (exact) mass is 272 g/mol. The van der Waals surface area contributed by atoms with Gasteiger partial charge in [0.25, 0.3) is 0 Å². The molecule has 0 saturated heterocycles. The maximum absolute atomic E-state index is 13.8. The van der Waals surface area contributed by atoms with Gasteiger partial charge < -0.3 is 10.5 Å². The molecule has 0 radical (unpaired) electrons. The van der Waals surface area contributed by atoms with Crippen molar-refractivity contribution >= 4 is 23.7 Å². The van der Waals surface area contributed by atoms with Crippen LogP contribution in [0.25, 0.3) is 0 Å². The molecule has 0 saturated carbocycles. The highest BCUT2D eigenvalue weighted by Crippen LogP contribution is 2.27. The SMILES string of the molecule is NC(=O)N(c1ccc(CC=O)cc1)c1ccccc1F. The minimum Gasteiger partial charge on any atom is -0.351 e. The number of primary amides is 1. The molecule has 0 aliphatic carbocycles. The van der Waals surface area contributed by atoms with E-state index in [2.05, 4.69) is 0 Å². The second kappa shape index (κ2) is 5.97. The molecule has 20 heavy (non-hydrogen) atoms. The lowest BCUT2D eigenvalue weighted by Gasteiger charge is -2.21. The van der Waals surface area contributed by atoms with E-state index in [1.54, 1.807) is 30.3 Å². The molecule has 102 valence electrons. The van der Waals surface area contributed by atoms with Crippen LogP contribution in [0.15, 0.2) is 48.5 Å². The van der Waals surface area contributed by atoms with E-state index in [1.807, 2.05) is 0 Å². The molecule has 0 fully saturated rings. The number of carbonyl (C=O) groups excluding carboxylic acids is 2. The molecule has 2 aromatic carbocycles. The van der Waals surface area contributed by atoms with Gasteiger partial charge in [0.05, 0.1) is 11.4 Å². The van der Waals surface area contributed by atoms with E-state index in [1.165, 1.54) is 18.2 Å². The summed E-state index contributed by atoms with van der Waals surface area (Å²) in [7, 11) is 0. The molecule has 5 heteroatoms. The summed E-state index contributed by atoms with van der Waals surface area (Å²) in [5, 5.41) is 0. The molecule has 2 aromatic rings. The van der Waals surface area contributed by atoms with Crippen molar-refractivity contribution < 1.29 is 14.0 Å². The first-order valence-corrected chi connectivity index (χ1v) is 6.00. The molecule has 2 amide bonds. The molecule has 0 aliphatic rings. The van der Waals surface area contributed by atoms with Crippen molar-refractivity contribution in [1.82, 2.24) is 0 Å². The summed E-state index contributed by atoms with van der Waals surface area (Å²) in [6, 6.07) is 11.7. The van der Waals surface area contributed by atoms with Crippen LogP contribution in [0.4, 0.5) is 20.6 Å². The lowest BCUT2D eigenvalue weighted by atomic mass is 10.1. The van der Waals surface area contributed by atoms with Crippen LogP contribution in [0.2, 0.25) is 0 Å². The van der Waals surface area contributed by atoms with E-state index in [9.17, 15) is 14.0 Å². The zero-order chi connectivity index (χ0) is 14.5. The second-order valence-corrected chi connectivity index (χ2v) is 4.16. The summed E-state index contributed by atoms with van der Waals surface area (Å²) in [6.07, 6.45) is 1.08. The molecule has 2 rings (SSSR count). The van der Waals surface area contributed by atoms with Crippen LogP contribution in [0.5, 0.6) is 0 Å². The Balaban J connectivity index is 2.41. The lowest BCUT2D eigenvalue weighted by molar-refractivity contribution is -0.107. The lowest BCUT2D eigenvalue weighted by Crippen LogP contribution is -2.32. The van der Waals surface area contributed by atoms with Gasteiger partial charge in [0.15, 0.2) is 0 Å². The van der Waals surface area contributed by atoms with Gasteiger partial charge in [0, 0.05) is 6.42 Å². The van der Waals surface area contributed by atoms with E-state index in [0.717, 1.165) is 16.7 Å². The zero-order valence-electron chi connectivity index (χ0n) is 10.6. The minimum atomic E-state index is -0.779. The number of aldehydes is 1. The van der Waals surface area contributed by atoms with Crippen molar-refractivity contribution in [2.24, 2.45) is 5.73 Å². The summed E-state index contributed by atoms with van der Waals surface area (Å²) >= 11 is 0. The molecule has 4 nitrogen and oxygen atoms in total. The average molecular weight is 272 g/mol. The van der Waals surface area contributed by atoms with Crippen LogP contribution in [-0.2, 0) is 11.2 Å². The summed E-state index contributed by atoms with van der Waals surface area (Å²) in [5.74, 6) is -0.539. The third-order valence-electron chi connectivity index (χ3n) is 2.83. The number of rotatable bonds is 4. The van der Waals surface area contributed by atoms with Crippen LogP contribution < -0.4 is 10.6 Å². The van der Waals surface area contributed by atoms with Crippen LogP contribution >= 0.6 is 0 Å². The summed E-state index contributed by atoms with van der Waals surface area (Å²) < 4.78 is 13.8. The Morgan fingerprint density at radius 3 is 2.35 bits per heavy atom. The number of hydrogen-bond acceptors (Lipinski definition) is 2. The van der Waals surface area contributed by atoms with Crippen LogP contribution in [-0.4, -0.2) is 12.3 Å². The Hall–Kier alpha value is -2.69. The number of hydrogen-bond donors (Lipinski definition) is 1. The quantitative estimate of drug-likeness (QED) is 0.870. The van der Waals surface area contributed by atoms with E-state index in [-0.39, 0.29) is 12.1 Å². The fourth-order valence-electron chi connectivity index (χ4n) is 1.90. The molecular weight excluding hydrogens is 259 g/mol. The number of nitrogens with zero attached hydrogens (tertiary/aromatic N) is 1. The van der Waals surface area contributed by atoms with Crippen molar-refractivity contribution in [2.45, 2.75) is 6.42 Å². The molecule has 0 spiro atoms. The Morgan fingerprint density at radius 1 is 1.15 bits per heavy atom. The van der Waals surface area contributed by atoms with Crippen LogP contribution in [0.1, 0.15) is 5.56 Å². The fraction of sp³-hybridized carbons (Fsp3) is 0.0667. The third-order valence-corrected chi connectivity index (χ3v) is 2.83. The average Bonchev–Trinajstić information content (AvgIpc) is 2.43. The molecule has 0 unspecified atom stereocenters. The molecule has 0 aliphatic heterocycles. The van der Waals surface area contributed by atoms with Gasteiger partial charge in [-0.25, -0.2) is 9.18 Å². The summed E-state index contributed by atoms with van der Waals surface area (Å²) in [6.45, 7) is 0. The second-order valence-electron chi connectivity index (χ2n) is 4.16. The van der Waals surface area contributed by atoms with E-state index < -0.39 is 11.8 Å². The first-order valence-electron chi connectivity index (χ1n) is 6.00. The summed E-state index contributed by atoms with van der Waals surface area (Å²) in [5.41, 5.74) is 6.67. The first kappa shape index (κ1) is 13.7. The normalized spacial score (nSPS) is 10.1. The number of urea groups is 1. The number of nitrogens with two attached hydrogens (primary N) is 1. The molecule has 0 atom stereocenters. The number of carbonyl (C=O) groups is 2. The Kier molecular flexibility index (Phi) is 4.10.